The van der Waals surface area contributed by atoms with Crippen molar-refractivity contribution >= 4 is 46.0 Å². The van der Waals surface area contributed by atoms with Gasteiger partial charge in [-0.2, -0.15) is 0 Å². The molecule has 0 radical (unpaired) electrons. The average Bonchev–Trinajstić information content (AvgIpc) is 2.73. The van der Waals surface area contributed by atoms with Crippen molar-refractivity contribution in [2.45, 2.75) is 19.8 Å². The van der Waals surface area contributed by atoms with Crippen LogP contribution in [0.2, 0.25) is 0 Å². The number of phenols is 1. The van der Waals surface area contributed by atoms with Crippen LogP contribution in [0.1, 0.15) is 25.3 Å². The molecule has 1 fully saturated rings. The third kappa shape index (κ3) is 3.28. The highest BCUT2D eigenvalue weighted by molar-refractivity contribution is 8.26. The topological polar surface area (TPSA) is 83.7 Å². The van der Waals surface area contributed by atoms with E-state index in [4.69, 9.17) is 12.2 Å². The summed E-state index contributed by atoms with van der Waals surface area (Å²) in [5, 5.41) is 20.7. The highest BCUT2D eigenvalue weighted by Gasteiger charge is 2.31. The molecule has 0 aromatic heterocycles. The fourth-order valence-electron chi connectivity index (χ4n) is 1.96. The fraction of sp³-hybridized carbons (Fsp3) is 0.286. The second-order valence-electron chi connectivity index (χ2n) is 4.66. The van der Waals surface area contributed by atoms with E-state index in [0.29, 0.717) is 15.8 Å². The Morgan fingerprint density at radius 1 is 1.50 bits per heavy atom. The molecule has 2 rings (SSSR count). The summed E-state index contributed by atoms with van der Waals surface area (Å²) in [6, 6.07) is 4.18. The number of carbonyl (C=O) groups is 1. The van der Waals surface area contributed by atoms with Crippen molar-refractivity contribution in [1.82, 2.24) is 4.90 Å². The van der Waals surface area contributed by atoms with Gasteiger partial charge in [0.15, 0.2) is 0 Å². The van der Waals surface area contributed by atoms with Crippen molar-refractivity contribution in [3.8, 4) is 5.75 Å². The predicted molar refractivity (Wildman–Crippen MR) is 89.5 cm³/mol. The Kier molecular flexibility index (Phi) is 5.15. The normalized spacial score (nSPS) is 16.6. The van der Waals surface area contributed by atoms with Crippen LogP contribution in [0.3, 0.4) is 0 Å². The van der Waals surface area contributed by atoms with Gasteiger partial charge in [0.1, 0.15) is 4.32 Å². The third-order valence-electron chi connectivity index (χ3n) is 3.14. The smallest absolute Gasteiger partial charge is 0.311 e. The molecule has 0 saturated carbocycles. The van der Waals surface area contributed by atoms with Crippen LogP contribution >= 0.6 is 24.0 Å². The van der Waals surface area contributed by atoms with Gasteiger partial charge in [0, 0.05) is 18.2 Å². The first kappa shape index (κ1) is 16.4. The van der Waals surface area contributed by atoms with Crippen LogP contribution in [-0.4, -0.2) is 31.7 Å². The van der Waals surface area contributed by atoms with E-state index in [1.165, 1.54) is 29.2 Å². The lowest BCUT2D eigenvalue weighted by Gasteiger charge is -2.13. The molecule has 1 aromatic carbocycles. The maximum atomic E-state index is 12.3. The first-order valence-corrected chi connectivity index (χ1v) is 7.90. The summed E-state index contributed by atoms with van der Waals surface area (Å²) in [7, 11) is 0. The molecule has 0 aliphatic carbocycles. The number of benzene rings is 1. The monoisotopic (exact) mass is 338 g/mol. The van der Waals surface area contributed by atoms with Crippen LogP contribution < -0.4 is 0 Å². The van der Waals surface area contributed by atoms with Gasteiger partial charge in [0.05, 0.1) is 9.83 Å². The molecule has 1 saturated heterocycles. The van der Waals surface area contributed by atoms with E-state index in [9.17, 15) is 20.0 Å². The summed E-state index contributed by atoms with van der Waals surface area (Å²) >= 11 is 6.32. The van der Waals surface area contributed by atoms with Crippen LogP contribution in [0.15, 0.2) is 23.1 Å². The standard InChI is InChI=1S/C14H14N2O4S2/c1-2-3-7-15-13(18)11(22-14(15)21)8-9-5-4-6-10(12(9)17)16(19)20/h4-6,8,17H,2-3,7H2,1H3/b11-8-. The molecule has 0 atom stereocenters. The fourth-order valence-corrected chi connectivity index (χ4v) is 3.26. The van der Waals surface area contributed by atoms with E-state index in [2.05, 4.69) is 0 Å². The number of hydrogen-bond acceptors (Lipinski definition) is 6. The molecular formula is C14H14N2O4S2. The Bertz CT molecular complexity index is 673. The zero-order valence-corrected chi connectivity index (χ0v) is 13.4. The second-order valence-corrected chi connectivity index (χ2v) is 6.33. The molecule has 22 heavy (non-hydrogen) atoms. The summed E-state index contributed by atoms with van der Waals surface area (Å²) in [5.41, 5.74) is -0.166. The number of amides is 1. The van der Waals surface area contributed by atoms with Crippen LogP contribution in [0, 0.1) is 10.1 Å². The number of rotatable bonds is 5. The third-order valence-corrected chi connectivity index (χ3v) is 4.52. The van der Waals surface area contributed by atoms with Gasteiger partial charge in [-0.1, -0.05) is 49.5 Å². The van der Waals surface area contributed by atoms with Gasteiger partial charge in [0.2, 0.25) is 5.75 Å². The molecule has 1 N–H and O–H groups in total. The molecule has 1 aliphatic heterocycles. The van der Waals surface area contributed by atoms with Gasteiger partial charge >= 0.3 is 5.69 Å². The molecule has 8 heteroatoms. The summed E-state index contributed by atoms with van der Waals surface area (Å²) in [6.45, 7) is 2.58. The summed E-state index contributed by atoms with van der Waals surface area (Å²) in [4.78, 5) is 24.3. The maximum absolute atomic E-state index is 12.3. The average molecular weight is 338 g/mol. The lowest BCUT2D eigenvalue weighted by Crippen LogP contribution is -2.28. The number of carbonyl (C=O) groups excluding carboxylic acids is 1. The SMILES string of the molecule is CCCCN1C(=O)/C(=C/c2cccc([N+](=O)[O-])c2O)SC1=S. The van der Waals surface area contributed by atoms with Gasteiger partial charge in [-0.3, -0.25) is 19.8 Å². The zero-order valence-electron chi connectivity index (χ0n) is 11.8. The van der Waals surface area contributed by atoms with Crippen molar-refractivity contribution in [2.75, 3.05) is 6.54 Å². The van der Waals surface area contributed by atoms with Crippen molar-refractivity contribution in [2.24, 2.45) is 0 Å². The number of phenolic OH excluding ortho intramolecular Hbond substituents is 1. The quantitative estimate of drug-likeness (QED) is 0.384. The van der Waals surface area contributed by atoms with E-state index in [-0.39, 0.29) is 11.5 Å². The molecule has 6 nitrogen and oxygen atoms in total. The number of aromatic hydroxyl groups is 1. The molecular weight excluding hydrogens is 324 g/mol. The molecule has 0 unspecified atom stereocenters. The van der Waals surface area contributed by atoms with Crippen LogP contribution in [0.25, 0.3) is 6.08 Å². The Hall–Kier alpha value is -1.93. The molecule has 116 valence electrons. The zero-order chi connectivity index (χ0) is 16.3. The number of thiocarbonyl (C=S) groups is 1. The number of nitrogens with zero attached hydrogens (tertiary/aromatic N) is 2. The number of nitro groups is 1. The highest BCUT2D eigenvalue weighted by Crippen LogP contribution is 2.36. The number of para-hydroxylation sites is 1. The Morgan fingerprint density at radius 2 is 2.23 bits per heavy atom. The molecule has 1 amide bonds. The Balaban J connectivity index is 2.31. The summed E-state index contributed by atoms with van der Waals surface area (Å²) < 4.78 is 0.467. The number of unbranched alkanes of at least 4 members (excludes halogenated alkanes) is 1. The molecule has 1 heterocycles. The number of thioether (sulfide) groups is 1. The summed E-state index contributed by atoms with van der Waals surface area (Å²) in [5.74, 6) is -0.680. The minimum atomic E-state index is -0.668. The predicted octanol–water partition coefficient (Wildman–Crippen LogP) is 3.30. The van der Waals surface area contributed by atoms with E-state index in [1.807, 2.05) is 6.92 Å². The lowest BCUT2D eigenvalue weighted by atomic mass is 10.1. The van der Waals surface area contributed by atoms with Gasteiger partial charge < -0.3 is 5.11 Å². The second kappa shape index (κ2) is 6.89. The minimum Gasteiger partial charge on any atom is -0.502 e. The first-order chi connectivity index (χ1) is 10.5. The number of hydrogen-bond donors (Lipinski definition) is 1. The largest absolute Gasteiger partial charge is 0.502 e. The van der Waals surface area contributed by atoms with Crippen LogP contribution in [0.4, 0.5) is 5.69 Å². The molecule has 1 aliphatic rings. The first-order valence-electron chi connectivity index (χ1n) is 6.67. The maximum Gasteiger partial charge on any atom is 0.311 e. The van der Waals surface area contributed by atoms with Crippen molar-refractivity contribution in [3.05, 3.63) is 38.8 Å². The Morgan fingerprint density at radius 3 is 2.86 bits per heavy atom. The minimum absolute atomic E-state index is 0.227. The number of nitro benzene ring substituents is 1. The van der Waals surface area contributed by atoms with Gasteiger partial charge in [-0.15, -0.1) is 0 Å². The molecule has 1 aromatic rings. The van der Waals surface area contributed by atoms with Crippen molar-refractivity contribution in [1.29, 1.82) is 0 Å². The van der Waals surface area contributed by atoms with E-state index in [1.54, 1.807) is 0 Å². The van der Waals surface area contributed by atoms with E-state index < -0.39 is 16.4 Å². The van der Waals surface area contributed by atoms with Gasteiger partial charge in [0.25, 0.3) is 5.91 Å². The Labute approximate surface area is 137 Å². The van der Waals surface area contributed by atoms with Crippen LogP contribution in [0.5, 0.6) is 5.75 Å². The van der Waals surface area contributed by atoms with Crippen molar-refractivity contribution < 1.29 is 14.8 Å². The molecule has 0 spiro atoms. The van der Waals surface area contributed by atoms with Gasteiger partial charge in [-0.05, 0) is 12.5 Å². The lowest BCUT2D eigenvalue weighted by molar-refractivity contribution is -0.385. The highest BCUT2D eigenvalue weighted by atomic mass is 32.2. The summed E-state index contributed by atoms with van der Waals surface area (Å²) in [6.07, 6.45) is 3.23. The van der Waals surface area contributed by atoms with Crippen LogP contribution in [-0.2, 0) is 4.79 Å². The van der Waals surface area contributed by atoms with Gasteiger partial charge in [-0.25, -0.2) is 0 Å². The van der Waals surface area contributed by atoms with E-state index >= 15 is 0 Å². The van der Waals surface area contributed by atoms with E-state index in [0.717, 1.165) is 24.6 Å². The molecule has 0 bridgehead atoms. The van der Waals surface area contributed by atoms with Crippen molar-refractivity contribution in [3.63, 3.8) is 0 Å².